The van der Waals surface area contributed by atoms with E-state index in [0.717, 1.165) is 11.3 Å². The summed E-state index contributed by atoms with van der Waals surface area (Å²) in [7, 11) is 1.05. The third-order valence-electron chi connectivity index (χ3n) is 3.00. The molecule has 0 saturated carbocycles. The fourth-order valence-corrected chi connectivity index (χ4v) is 2.61. The first-order valence-corrected chi connectivity index (χ1v) is 8.30. The Labute approximate surface area is 115 Å². The van der Waals surface area contributed by atoms with Gasteiger partial charge in [-0.1, -0.05) is 12.1 Å². The third kappa shape index (κ3) is 5.59. The molecule has 0 bridgehead atoms. The predicted octanol–water partition coefficient (Wildman–Crippen LogP) is 1.08. The summed E-state index contributed by atoms with van der Waals surface area (Å²) in [5, 5.41) is 0. The van der Waals surface area contributed by atoms with Crippen LogP contribution in [0.4, 0.5) is 5.69 Å². The van der Waals surface area contributed by atoms with Gasteiger partial charge in [0.25, 0.3) is 0 Å². The molecule has 0 heterocycles. The Morgan fingerprint density at radius 3 is 2.58 bits per heavy atom. The highest BCUT2D eigenvalue weighted by molar-refractivity contribution is 7.90. The molecule has 0 aliphatic rings. The van der Waals surface area contributed by atoms with Gasteiger partial charge < -0.3 is 4.90 Å². The maximum atomic E-state index is 11.1. The van der Waals surface area contributed by atoms with Crippen molar-refractivity contribution in [2.75, 3.05) is 31.0 Å². The molecular weight excluding hydrogens is 262 g/mol. The van der Waals surface area contributed by atoms with Crippen LogP contribution in [-0.2, 0) is 9.84 Å². The average molecular weight is 285 g/mol. The molecule has 1 atom stereocenters. The minimum atomic E-state index is -2.91. The van der Waals surface area contributed by atoms with Crippen molar-refractivity contribution < 1.29 is 8.42 Å². The van der Waals surface area contributed by atoms with E-state index in [1.807, 2.05) is 37.2 Å². The number of hydrogen-bond acceptors (Lipinski definition) is 5. The highest BCUT2D eigenvalue weighted by atomic mass is 32.2. The van der Waals surface area contributed by atoms with E-state index in [1.54, 1.807) is 0 Å². The number of hydrogen-bond donors (Lipinski definition) is 2. The summed E-state index contributed by atoms with van der Waals surface area (Å²) in [6.07, 6.45) is 2.55. The van der Waals surface area contributed by atoms with E-state index in [2.05, 4.69) is 11.5 Å². The van der Waals surface area contributed by atoms with Gasteiger partial charge in [0.05, 0.1) is 0 Å². The topological polar surface area (TPSA) is 75.4 Å². The van der Waals surface area contributed by atoms with Gasteiger partial charge in [0.1, 0.15) is 9.84 Å². The SMILES string of the molecule is CN(C)c1cccc(C(CCCS(C)(=O)=O)NN)c1. The van der Waals surface area contributed by atoms with Gasteiger partial charge in [-0.25, -0.2) is 8.42 Å². The zero-order valence-electron chi connectivity index (χ0n) is 11.8. The molecule has 0 aliphatic carbocycles. The monoisotopic (exact) mass is 285 g/mol. The molecule has 0 spiro atoms. The summed E-state index contributed by atoms with van der Waals surface area (Å²) in [5.41, 5.74) is 4.93. The molecule has 0 aromatic heterocycles. The van der Waals surface area contributed by atoms with Crippen LogP contribution in [0.1, 0.15) is 24.4 Å². The minimum Gasteiger partial charge on any atom is -0.378 e. The Kier molecular flexibility index (Phi) is 5.78. The Morgan fingerprint density at radius 1 is 1.37 bits per heavy atom. The van der Waals surface area contributed by atoms with E-state index in [0.29, 0.717) is 12.8 Å². The molecule has 108 valence electrons. The number of nitrogens with two attached hydrogens (primary N) is 1. The summed E-state index contributed by atoms with van der Waals surface area (Å²) in [4.78, 5) is 2.02. The first kappa shape index (κ1) is 15.9. The van der Waals surface area contributed by atoms with E-state index < -0.39 is 9.84 Å². The van der Waals surface area contributed by atoms with Crippen LogP contribution in [0, 0.1) is 0 Å². The van der Waals surface area contributed by atoms with E-state index in [9.17, 15) is 8.42 Å². The quantitative estimate of drug-likeness (QED) is 0.579. The maximum Gasteiger partial charge on any atom is 0.147 e. The number of hydrazine groups is 1. The summed E-state index contributed by atoms with van der Waals surface area (Å²) in [6.45, 7) is 0. The van der Waals surface area contributed by atoms with Gasteiger partial charge in [-0.3, -0.25) is 11.3 Å². The van der Waals surface area contributed by atoms with Gasteiger partial charge in [0.15, 0.2) is 0 Å². The zero-order valence-corrected chi connectivity index (χ0v) is 12.6. The first-order chi connectivity index (χ1) is 8.83. The van der Waals surface area contributed by atoms with Crippen molar-refractivity contribution in [3.8, 4) is 0 Å². The molecule has 19 heavy (non-hydrogen) atoms. The van der Waals surface area contributed by atoms with E-state index in [1.165, 1.54) is 6.26 Å². The number of sulfone groups is 1. The van der Waals surface area contributed by atoms with E-state index in [-0.39, 0.29) is 11.8 Å². The molecule has 5 nitrogen and oxygen atoms in total. The lowest BCUT2D eigenvalue weighted by Gasteiger charge is -2.19. The van der Waals surface area contributed by atoms with Crippen LogP contribution in [0.5, 0.6) is 0 Å². The second kappa shape index (κ2) is 6.88. The number of rotatable bonds is 7. The minimum absolute atomic E-state index is 0.0263. The number of benzene rings is 1. The second-order valence-corrected chi connectivity index (χ2v) is 7.24. The van der Waals surface area contributed by atoms with Gasteiger partial charge in [-0.2, -0.15) is 0 Å². The first-order valence-electron chi connectivity index (χ1n) is 6.24. The van der Waals surface area contributed by atoms with Crippen molar-refractivity contribution in [2.24, 2.45) is 5.84 Å². The standard InChI is InChI=1S/C13H23N3O2S/c1-16(2)12-7-4-6-11(10-12)13(15-14)8-5-9-19(3,17)18/h4,6-7,10,13,15H,5,8-9,14H2,1-3H3. The Balaban J connectivity index is 2.71. The lowest BCUT2D eigenvalue weighted by atomic mass is 10.0. The van der Waals surface area contributed by atoms with Gasteiger partial charge >= 0.3 is 0 Å². The molecule has 0 radical (unpaired) electrons. The van der Waals surface area contributed by atoms with Crippen molar-refractivity contribution in [1.29, 1.82) is 0 Å². The Hall–Kier alpha value is -1.11. The molecule has 0 fully saturated rings. The molecular formula is C13H23N3O2S. The highest BCUT2D eigenvalue weighted by Crippen LogP contribution is 2.22. The molecule has 0 aliphatic heterocycles. The Morgan fingerprint density at radius 2 is 2.05 bits per heavy atom. The summed E-state index contributed by atoms with van der Waals surface area (Å²) in [6, 6.07) is 8.03. The maximum absolute atomic E-state index is 11.1. The van der Waals surface area contributed by atoms with Gasteiger partial charge in [0.2, 0.25) is 0 Å². The summed E-state index contributed by atoms with van der Waals surface area (Å²) < 4.78 is 22.2. The molecule has 1 rings (SSSR count). The second-order valence-electron chi connectivity index (χ2n) is 4.98. The van der Waals surface area contributed by atoms with Gasteiger partial charge in [0, 0.05) is 37.8 Å². The number of nitrogens with one attached hydrogen (secondary N) is 1. The molecule has 1 aromatic rings. The summed E-state index contributed by atoms with van der Waals surface area (Å²) >= 11 is 0. The molecule has 1 aromatic carbocycles. The average Bonchev–Trinajstić information content (AvgIpc) is 2.33. The molecule has 0 amide bonds. The fourth-order valence-electron chi connectivity index (χ4n) is 1.92. The van der Waals surface area contributed by atoms with Crippen molar-refractivity contribution in [3.05, 3.63) is 29.8 Å². The number of anilines is 1. The largest absolute Gasteiger partial charge is 0.378 e. The van der Waals surface area contributed by atoms with E-state index in [4.69, 9.17) is 5.84 Å². The molecule has 3 N–H and O–H groups in total. The normalized spacial score (nSPS) is 13.3. The van der Waals surface area contributed by atoms with Crippen LogP contribution in [0.15, 0.2) is 24.3 Å². The van der Waals surface area contributed by atoms with Crippen molar-refractivity contribution in [2.45, 2.75) is 18.9 Å². The van der Waals surface area contributed by atoms with Gasteiger partial charge in [-0.05, 0) is 30.5 Å². The fraction of sp³-hybridized carbons (Fsp3) is 0.538. The van der Waals surface area contributed by atoms with Crippen molar-refractivity contribution >= 4 is 15.5 Å². The lowest BCUT2D eigenvalue weighted by molar-refractivity contribution is 0.507. The van der Waals surface area contributed by atoms with Crippen LogP contribution < -0.4 is 16.2 Å². The van der Waals surface area contributed by atoms with Crippen LogP contribution >= 0.6 is 0 Å². The Bertz CT molecular complexity index is 500. The van der Waals surface area contributed by atoms with Crippen LogP contribution in [0.25, 0.3) is 0 Å². The predicted molar refractivity (Wildman–Crippen MR) is 79.8 cm³/mol. The highest BCUT2D eigenvalue weighted by Gasteiger charge is 2.12. The van der Waals surface area contributed by atoms with Crippen molar-refractivity contribution in [3.63, 3.8) is 0 Å². The zero-order chi connectivity index (χ0) is 14.5. The summed E-state index contributed by atoms with van der Waals surface area (Å²) in [5.74, 6) is 5.76. The molecule has 0 saturated heterocycles. The van der Waals surface area contributed by atoms with Crippen molar-refractivity contribution in [1.82, 2.24) is 5.43 Å². The third-order valence-corrected chi connectivity index (χ3v) is 4.03. The van der Waals surface area contributed by atoms with Crippen LogP contribution in [-0.4, -0.2) is 34.5 Å². The lowest BCUT2D eigenvalue weighted by Crippen LogP contribution is -2.28. The van der Waals surface area contributed by atoms with Crippen LogP contribution in [0.3, 0.4) is 0 Å². The molecule has 6 heteroatoms. The van der Waals surface area contributed by atoms with E-state index >= 15 is 0 Å². The number of nitrogens with zero attached hydrogens (tertiary/aromatic N) is 1. The smallest absolute Gasteiger partial charge is 0.147 e. The molecule has 1 unspecified atom stereocenters. The van der Waals surface area contributed by atoms with Crippen LogP contribution in [0.2, 0.25) is 0 Å². The van der Waals surface area contributed by atoms with Gasteiger partial charge in [-0.15, -0.1) is 0 Å².